The first-order valence-electron chi connectivity index (χ1n) is 9.08. The molecule has 0 bridgehead atoms. The van der Waals surface area contributed by atoms with Crippen molar-refractivity contribution in [1.29, 1.82) is 0 Å². The predicted octanol–water partition coefficient (Wildman–Crippen LogP) is 2.26. The van der Waals surface area contributed by atoms with Crippen molar-refractivity contribution in [3.05, 3.63) is 46.1 Å². The highest BCUT2D eigenvalue weighted by atomic mass is 35.5. The van der Waals surface area contributed by atoms with Crippen molar-refractivity contribution in [3.63, 3.8) is 0 Å². The van der Waals surface area contributed by atoms with Gasteiger partial charge in [-0.25, -0.2) is 4.79 Å². The number of methoxy groups -OCH3 is 1. The Morgan fingerprint density at radius 3 is 2.75 bits per heavy atom. The molecule has 7 nitrogen and oxygen atoms in total. The fourth-order valence-corrected chi connectivity index (χ4v) is 3.38. The summed E-state index contributed by atoms with van der Waals surface area (Å²) in [6.07, 6.45) is 0.0528. The van der Waals surface area contributed by atoms with Crippen molar-refractivity contribution in [2.24, 2.45) is 0 Å². The Hall–Kier alpha value is -2.38. The first-order chi connectivity index (χ1) is 13.4. The Labute approximate surface area is 169 Å². The third-order valence-corrected chi connectivity index (χ3v) is 4.73. The van der Waals surface area contributed by atoms with Crippen molar-refractivity contribution >= 4 is 29.4 Å². The molecule has 0 radical (unpaired) electrons. The number of hydrogen-bond acceptors (Lipinski definition) is 5. The van der Waals surface area contributed by atoms with E-state index < -0.39 is 11.9 Å². The fourth-order valence-electron chi connectivity index (χ4n) is 3.18. The van der Waals surface area contributed by atoms with Crippen LogP contribution in [0.15, 0.2) is 35.5 Å². The molecule has 1 aromatic carbocycles. The molecular formula is C20H25ClN2O5. The molecule has 0 spiro atoms. The molecule has 152 valence electrons. The number of halogens is 1. The first-order valence-corrected chi connectivity index (χ1v) is 9.46. The second kappa shape index (κ2) is 10.2. The molecule has 0 aromatic heterocycles. The zero-order chi connectivity index (χ0) is 20.7. The van der Waals surface area contributed by atoms with Crippen molar-refractivity contribution in [2.45, 2.75) is 26.2 Å². The Kier molecular flexibility index (Phi) is 8.02. The van der Waals surface area contributed by atoms with E-state index in [1.54, 1.807) is 32.0 Å². The van der Waals surface area contributed by atoms with Crippen LogP contribution in [0.25, 0.3) is 0 Å². The molecule has 1 unspecified atom stereocenters. The predicted molar refractivity (Wildman–Crippen MR) is 105 cm³/mol. The van der Waals surface area contributed by atoms with Crippen LogP contribution < -0.4 is 5.32 Å². The smallest absolute Gasteiger partial charge is 0.336 e. The summed E-state index contributed by atoms with van der Waals surface area (Å²) in [6.45, 7) is 4.14. The number of nitrogens with zero attached hydrogens (tertiary/aromatic N) is 1. The minimum Gasteiger partial charge on any atom is -0.463 e. The molecule has 0 aliphatic carbocycles. The van der Waals surface area contributed by atoms with E-state index in [1.165, 1.54) is 12.0 Å². The molecule has 2 amide bonds. The van der Waals surface area contributed by atoms with Crippen LogP contribution in [-0.2, 0) is 23.9 Å². The quantitative estimate of drug-likeness (QED) is 0.526. The maximum atomic E-state index is 12.8. The van der Waals surface area contributed by atoms with Gasteiger partial charge in [-0.1, -0.05) is 23.7 Å². The number of benzene rings is 1. The van der Waals surface area contributed by atoms with Gasteiger partial charge in [-0.15, -0.1) is 0 Å². The lowest BCUT2D eigenvalue weighted by molar-refractivity contribution is -0.141. The largest absolute Gasteiger partial charge is 0.463 e. The summed E-state index contributed by atoms with van der Waals surface area (Å²) in [6, 6.07) is 7.06. The molecule has 1 aliphatic heterocycles. The molecule has 28 heavy (non-hydrogen) atoms. The van der Waals surface area contributed by atoms with Gasteiger partial charge in [0.15, 0.2) is 0 Å². The Morgan fingerprint density at radius 1 is 1.36 bits per heavy atom. The van der Waals surface area contributed by atoms with Gasteiger partial charge in [-0.2, -0.15) is 0 Å². The van der Waals surface area contributed by atoms with Gasteiger partial charge in [0, 0.05) is 36.7 Å². The highest BCUT2D eigenvalue weighted by Gasteiger charge is 2.37. The summed E-state index contributed by atoms with van der Waals surface area (Å²) in [5.74, 6) is -1.54. The lowest BCUT2D eigenvalue weighted by atomic mass is 9.83. The maximum Gasteiger partial charge on any atom is 0.336 e. The average molecular weight is 409 g/mol. The van der Waals surface area contributed by atoms with Gasteiger partial charge in [-0.05, 0) is 31.5 Å². The van der Waals surface area contributed by atoms with Crippen LogP contribution >= 0.6 is 11.6 Å². The number of esters is 1. The van der Waals surface area contributed by atoms with Gasteiger partial charge in [0.25, 0.3) is 0 Å². The monoisotopic (exact) mass is 408 g/mol. The SMILES string of the molecule is CCOC(=O)C1=C(C)N(CC(=O)NCCOC)C(=O)CC1c1cccc(Cl)c1. The summed E-state index contributed by atoms with van der Waals surface area (Å²) >= 11 is 6.09. The highest BCUT2D eigenvalue weighted by molar-refractivity contribution is 6.30. The van der Waals surface area contributed by atoms with E-state index in [9.17, 15) is 14.4 Å². The summed E-state index contributed by atoms with van der Waals surface area (Å²) < 4.78 is 10.1. The number of carbonyl (C=O) groups is 3. The summed E-state index contributed by atoms with van der Waals surface area (Å²) in [7, 11) is 1.54. The van der Waals surface area contributed by atoms with Gasteiger partial charge in [-0.3, -0.25) is 9.59 Å². The van der Waals surface area contributed by atoms with E-state index in [4.69, 9.17) is 21.1 Å². The molecule has 1 atom stereocenters. The van der Waals surface area contributed by atoms with Crippen molar-refractivity contribution in [3.8, 4) is 0 Å². The van der Waals surface area contributed by atoms with Crippen molar-refractivity contribution < 1.29 is 23.9 Å². The number of allylic oxidation sites excluding steroid dienone is 1. The zero-order valence-corrected chi connectivity index (χ0v) is 17.0. The Balaban J connectivity index is 2.35. The molecule has 1 aliphatic rings. The van der Waals surface area contributed by atoms with E-state index in [1.807, 2.05) is 6.07 Å². The van der Waals surface area contributed by atoms with Crippen molar-refractivity contribution in [1.82, 2.24) is 10.2 Å². The van der Waals surface area contributed by atoms with E-state index in [0.29, 0.717) is 29.4 Å². The van der Waals surface area contributed by atoms with Crippen LogP contribution in [0.5, 0.6) is 0 Å². The Morgan fingerprint density at radius 2 is 2.11 bits per heavy atom. The van der Waals surface area contributed by atoms with Gasteiger partial charge in [0.1, 0.15) is 6.54 Å². The van der Waals surface area contributed by atoms with Crippen LogP contribution in [0.3, 0.4) is 0 Å². The molecule has 2 rings (SSSR count). The number of ether oxygens (including phenoxy) is 2. The van der Waals surface area contributed by atoms with Gasteiger partial charge >= 0.3 is 5.97 Å². The van der Waals surface area contributed by atoms with Crippen LogP contribution in [0.4, 0.5) is 0 Å². The summed E-state index contributed by atoms with van der Waals surface area (Å²) in [5, 5.41) is 3.20. The van der Waals surface area contributed by atoms with Gasteiger partial charge in [0.2, 0.25) is 11.8 Å². The lowest BCUT2D eigenvalue weighted by Crippen LogP contribution is -2.44. The number of hydrogen-bond donors (Lipinski definition) is 1. The second-order valence-electron chi connectivity index (χ2n) is 6.35. The lowest BCUT2D eigenvalue weighted by Gasteiger charge is -2.34. The minimum atomic E-state index is -0.498. The molecule has 1 N–H and O–H groups in total. The van der Waals surface area contributed by atoms with Crippen LogP contribution in [-0.4, -0.2) is 56.1 Å². The number of carbonyl (C=O) groups excluding carboxylic acids is 3. The molecular weight excluding hydrogens is 384 g/mol. The Bertz CT molecular complexity index is 778. The van der Waals surface area contributed by atoms with E-state index in [2.05, 4.69) is 5.32 Å². The molecule has 0 saturated heterocycles. The van der Waals surface area contributed by atoms with Crippen molar-refractivity contribution in [2.75, 3.05) is 33.4 Å². The normalized spacial score (nSPS) is 16.9. The van der Waals surface area contributed by atoms with E-state index >= 15 is 0 Å². The topological polar surface area (TPSA) is 84.9 Å². The average Bonchev–Trinajstić information content (AvgIpc) is 2.65. The van der Waals surface area contributed by atoms with Crippen LogP contribution in [0.2, 0.25) is 5.02 Å². The third-order valence-electron chi connectivity index (χ3n) is 4.50. The molecule has 0 fully saturated rings. The van der Waals surface area contributed by atoms with Crippen LogP contribution in [0.1, 0.15) is 31.7 Å². The second-order valence-corrected chi connectivity index (χ2v) is 6.79. The third kappa shape index (κ3) is 5.33. The summed E-state index contributed by atoms with van der Waals surface area (Å²) in [5.41, 5.74) is 1.54. The molecule has 0 saturated carbocycles. The van der Waals surface area contributed by atoms with E-state index in [0.717, 1.165) is 5.56 Å². The molecule has 1 heterocycles. The fraction of sp³-hybridized carbons (Fsp3) is 0.450. The minimum absolute atomic E-state index is 0.0528. The standard InChI is InChI=1S/C20H25ClN2O5/c1-4-28-20(26)19-13(2)23(12-17(24)22-8-9-27-3)18(25)11-16(19)14-6-5-7-15(21)10-14/h5-7,10,16H,4,8-9,11-12H2,1-3H3,(H,22,24). The molecule has 8 heteroatoms. The summed E-state index contributed by atoms with van der Waals surface area (Å²) in [4.78, 5) is 38.9. The molecule has 1 aromatic rings. The first kappa shape index (κ1) is 21.9. The number of amides is 2. The van der Waals surface area contributed by atoms with Crippen LogP contribution in [0, 0.1) is 0 Å². The highest BCUT2D eigenvalue weighted by Crippen LogP contribution is 2.37. The van der Waals surface area contributed by atoms with Gasteiger partial charge < -0.3 is 19.7 Å². The van der Waals surface area contributed by atoms with E-state index in [-0.39, 0.29) is 31.4 Å². The maximum absolute atomic E-state index is 12.8. The number of rotatable bonds is 8. The number of nitrogens with one attached hydrogen (secondary N) is 1. The van der Waals surface area contributed by atoms with Gasteiger partial charge in [0.05, 0.1) is 18.8 Å². The zero-order valence-electron chi connectivity index (χ0n) is 16.3.